The fourth-order valence-corrected chi connectivity index (χ4v) is 11.4. The summed E-state index contributed by atoms with van der Waals surface area (Å²) in [5.74, 6) is 5.75. The van der Waals surface area contributed by atoms with Crippen molar-refractivity contribution in [3.8, 4) is 0 Å². The Morgan fingerprint density at radius 3 is 2.26 bits per heavy atom. The molecule has 0 aromatic heterocycles. The van der Waals surface area contributed by atoms with Crippen LogP contribution in [0.25, 0.3) is 0 Å². The second-order valence-electron chi connectivity index (χ2n) is 14.9. The van der Waals surface area contributed by atoms with Crippen LogP contribution in [0, 0.1) is 59.2 Å². The third-order valence-corrected chi connectivity index (χ3v) is 13.8. The molecule has 38 heavy (non-hydrogen) atoms. The normalized spacial score (nSPS) is 39.9. The van der Waals surface area contributed by atoms with E-state index < -0.39 is 10.1 Å². The maximum Gasteiger partial charge on any atom is 0.297 e. The fourth-order valence-electron chi connectivity index (χ4n) is 10.3. The second-order valence-corrected chi connectivity index (χ2v) is 16.5. The monoisotopic (exact) mass is 542 g/mol. The van der Waals surface area contributed by atoms with Gasteiger partial charge in [0.25, 0.3) is 10.1 Å². The summed E-state index contributed by atoms with van der Waals surface area (Å²) in [6, 6.07) is 7.07. The Morgan fingerprint density at radius 2 is 1.55 bits per heavy atom. The Labute approximate surface area is 234 Å². The predicted molar refractivity (Wildman–Crippen MR) is 156 cm³/mol. The molecule has 7 unspecified atom stereocenters. The van der Waals surface area contributed by atoms with Gasteiger partial charge in [0, 0.05) is 0 Å². The van der Waals surface area contributed by atoms with E-state index >= 15 is 0 Å². The van der Waals surface area contributed by atoms with Crippen molar-refractivity contribution in [1.82, 2.24) is 0 Å². The standard InChI is InChI=1S/C34H54O3S/c1-23(2)8-7-9-25(4)30-16-17-31-29-15-12-26-22-27(37-38(35,36)28-13-10-24(3)11-14-28)18-20-33(26,5)32(29)19-21-34(30,31)6/h10-11,13-14,23,25-27,29-32H,7-9,12,15-22H2,1-6H3/t25-,26+,27?,29?,30?,31?,32?,33?,34?/m1/s1. The maximum atomic E-state index is 13.0. The molecule has 5 rings (SSSR count). The maximum absolute atomic E-state index is 13.0. The smallest absolute Gasteiger partial charge is 0.263 e. The van der Waals surface area contributed by atoms with Crippen molar-refractivity contribution in [3.05, 3.63) is 29.8 Å². The Kier molecular flexibility index (Phi) is 8.17. The Bertz CT molecular complexity index is 1060. The molecule has 4 saturated carbocycles. The van der Waals surface area contributed by atoms with E-state index in [0.29, 0.717) is 21.6 Å². The number of rotatable bonds is 8. The van der Waals surface area contributed by atoms with Gasteiger partial charge in [-0.15, -0.1) is 0 Å². The van der Waals surface area contributed by atoms with Crippen LogP contribution in [-0.2, 0) is 14.3 Å². The second kappa shape index (κ2) is 10.8. The molecule has 4 fully saturated rings. The fraction of sp³-hybridized carbons (Fsp3) is 0.824. The Hall–Kier alpha value is -0.870. The predicted octanol–water partition coefficient (Wildman–Crippen LogP) is 9.19. The van der Waals surface area contributed by atoms with Gasteiger partial charge >= 0.3 is 0 Å². The zero-order valence-corrected chi connectivity index (χ0v) is 25.9. The highest BCUT2D eigenvalue weighted by atomic mass is 32.2. The summed E-state index contributed by atoms with van der Waals surface area (Å²) in [4.78, 5) is 0.293. The molecule has 0 amide bonds. The lowest BCUT2D eigenvalue weighted by Gasteiger charge is -2.61. The van der Waals surface area contributed by atoms with Crippen molar-refractivity contribution < 1.29 is 12.6 Å². The molecular weight excluding hydrogens is 488 g/mol. The largest absolute Gasteiger partial charge is 0.297 e. The van der Waals surface area contributed by atoms with E-state index in [1.165, 1.54) is 57.8 Å². The molecule has 4 heteroatoms. The molecular formula is C34H54O3S. The number of hydrogen-bond acceptors (Lipinski definition) is 3. The molecule has 1 aromatic carbocycles. The van der Waals surface area contributed by atoms with E-state index in [2.05, 4.69) is 34.6 Å². The van der Waals surface area contributed by atoms with Gasteiger partial charge < -0.3 is 0 Å². The van der Waals surface area contributed by atoms with E-state index in [9.17, 15) is 8.42 Å². The summed E-state index contributed by atoms with van der Waals surface area (Å²) in [5.41, 5.74) is 1.94. The summed E-state index contributed by atoms with van der Waals surface area (Å²) >= 11 is 0. The van der Waals surface area contributed by atoms with E-state index in [1.54, 1.807) is 12.1 Å². The third-order valence-electron chi connectivity index (χ3n) is 12.4. The average molecular weight is 543 g/mol. The minimum Gasteiger partial charge on any atom is -0.263 e. The summed E-state index contributed by atoms with van der Waals surface area (Å²) in [5, 5.41) is 0. The lowest BCUT2D eigenvalue weighted by molar-refractivity contribution is -0.126. The van der Waals surface area contributed by atoms with Crippen molar-refractivity contribution in [2.75, 3.05) is 0 Å². The van der Waals surface area contributed by atoms with Crippen LogP contribution in [0.2, 0.25) is 0 Å². The highest BCUT2D eigenvalue weighted by Crippen LogP contribution is 2.68. The quantitative estimate of drug-likeness (QED) is 0.308. The first-order chi connectivity index (χ1) is 17.9. The van der Waals surface area contributed by atoms with Crippen LogP contribution in [0.5, 0.6) is 0 Å². The minimum atomic E-state index is -3.70. The van der Waals surface area contributed by atoms with Crippen LogP contribution in [0.3, 0.4) is 0 Å². The van der Waals surface area contributed by atoms with E-state index in [0.717, 1.165) is 60.3 Å². The average Bonchev–Trinajstić information content (AvgIpc) is 3.21. The Morgan fingerprint density at radius 1 is 0.868 bits per heavy atom. The zero-order chi connectivity index (χ0) is 27.3. The van der Waals surface area contributed by atoms with Crippen LogP contribution >= 0.6 is 0 Å². The first kappa shape index (κ1) is 28.7. The summed E-state index contributed by atoms with van der Waals surface area (Å²) < 4.78 is 31.9. The molecule has 3 nitrogen and oxygen atoms in total. The van der Waals surface area contributed by atoms with E-state index in [1.807, 2.05) is 19.1 Å². The number of aryl methyl sites for hydroxylation is 1. The van der Waals surface area contributed by atoms with E-state index in [-0.39, 0.29) is 6.10 Å². The lowest BCUT2D eigenvalue weighted by atomic mass is 9.44. The van der Waals surface area contributed by atoms with Crippen LogP contribution in [0.1, 0.15) is 117 Å². The van der Waals surface area contributed by atoms with Gasteiger partial charge in [-0.1, -0.05) is 71.6 Å². The van der Waals surface area contributed by atoms with Crippen LogP contribution in [-0.4, -0.2) is 14.5 Å². The topological polar surface area (TPSA) is 43.4 Å². The molecule has 1 aromatic rings. The number of hydrogen-bond donors (Lipinski definition) is 0. The van der Waals surface area contributed by atoms with Gasteiger partial charge in [-0.3, -0.25) is 4.18 Å². The number of fused-ring (bicyclic) bond motifs is 5. The van der Waals surface area contributed by atoms with Gasteiger partial charge in [-0.25, -0.2) is 0 Å². The van der Waals surface area contributed by atoms with Crippen molar-refractivity contribution in [3.63, 3.8) is 0 Å². The van der Waals surface area contributed by atoms with Crippen LogP contribution in [0.4, 0.5) is 0 Å². The van der Waals surface area contributed by atoms with Gasteiger partial charge in [0.2, 0.25) is 0 Å². The van der Waals surface area contributed by atoms with Crippen LogP contribution < -0.4 is 0 Å². The van der Waals surface area contributed by atoms with Gasteiger partial charge in [0.1, 0.15) is 0 Å². The first-order valence-electron chi connectivity index (χ1n) is 15.9. The molecule has 4 aliphatic rings. The molecule has 0 saturated heterocycles. The molecule has 0 aliphatic heterocycles. The number of benzene rings is 1. The van der Waals surface area contributed by atoms with E-state index in [4.69, 9.17) is 4.18 Å². The van der Waals surface area contributed by atoms with Crippen molar-refractivity contribution in [2.45, 2.75) is 130 Å². The third kappa shape index (κ3) is 5.27. The van der Waals surface area contributed by atoms with Crippen LogP contribution in [0.15, 0.2) is 29.2 Å². The molecule has 9 atom stereocenters. The minimum absolute atomic E-state index is 0.174. The SMILES string of the molecule is Cc1ccc(S(=O)(=O)OC2CCC3(C)C4CCC5(C)C(CCC5[C@H](C)CCCC(C)C)C4CC[C@H]3C2)cc1. The lowest BCUT2D eigenvalue weighted by Crippen LogP contribution is -2.54. The Balaban J connectivity index is 1.24. The highest BCUT2D eigenvalue weighted by Gasteiger charge is 2.60. The van der Waals surface area contributed by atoms with Gasteiger partial charge in [0.15, 0.2) is 0 Å². The van der Waals surface area contributed by atoms with Crippen molar-refractivity contribution in [2.24, 2.45) is 52.3 Å². The molecule has 4 aliphatic carbocycles. The molecule has 214 valence electrons. The summed E-state index contributed by atoms with van der Waals surface area (Å²) in [6.45, 7) is 14.5. The van der Waals surface area contributed by atoms with Gasteiger partial charge in [-0.2, -0.15) is 8.42 Å². The molecule has 0 bridgehead atoms. The van der Waals surface area contributed by atoms with Crippen molar-refractivity contribution >= 4 is 10.1 Å². The molecule has 0 radical (unpaired) electrons. The molecule has 0 heterocycles. The highest BCUT2D eigenvalue weighted by molar-refractivity contribution is 7.86. The first-order valence-corrected chi connectivity index (χ1v) is 17.3. The molecule has 0 spiro atoms. The van der Waals surface area contributed by atoms with Gasteiger partial charge in [-0.05, 0) is 129 Å². The van der Waals surface area contributed by atoms with Crippen molar-refractivity contribution in [1.29, 1.82) is 0 Å². The summed E-state index contributed by atoms with van der Waals surface area (Å²) in [7, 11) is -3.70. The molecule has 0 N–H and O–H groups in total. The zero-order valence-electron chi connectivity index (χ0n) is 25.0. The summed E-state index contributed by atoms with van der Waals surface area (Å²) in [6.07, 6.45) is 15.2. The van der Waals surface area contributed by atoms with Gasteiger partial charge in [0.05, 0.1) is 11.0 Å².